The van der Waals surface area contributed by atoms with Gasteiger partial charge in [-0.3, -0.25) is 10.1 Å². The molecule has 0 radical (unpaired) electrons. The van der Waals surface area contributed by atoms with Crippen LogP contribution in [-0.2, 0) is 0 Å². The second-order valence-corrected chi connectivity index (χ2v) is 5.59. The summed E-state index contributed by atoms with van der Waals surface area (Å²) in [4.78, 5) is 18.9. The molecule has 134 valence electrons. The van der Waals surface area contributed by atoms with Crippen LogP contribution >= 0.6 is 11.6 Å². The molecule has 0 unspecified atom stereocenters. The molecule has 3 aromatic rings. The van der Waals surface area contributed by atoms with Gasteiger partial charge in [-0.15, -0.1) is 0 Å². The third-order valence-electron chi connectivity index (χ3n) is 3.49. The topological polar surface area (TPSA) is 116 Å². The van der Waals surface area contributed by atoms with Crippen molar-refractivity contribution in [2.75, 3.05) is 18.5 Å². The summed E-state index contributed by atoms with van der Waals surface area (Å²) in [5.74, 6) is -0.408. The molecule has 0 bridgehead atoms. The molecule has 26 heavy (non-hydrogen) atoms. The van der Waals surface area contributed by atoms with Gasteiger partial charge < -0.3 is 15.8 Å². The molecule has 0 aliphatic rings. The van der Waals surface area contributed by atoms with Gasteiger partial charge in [0, 0.05) is 18.7 Å². The number of nitrogens with one attached hydrogen (secondary N) is 1. The van der Waals surface area contributed by atoms with Gasteiger partial charge in [0.1, 0.15) is 18.8 Å². The van der Waals surface area contributed by atoms with Crippen molar-refractivity contribution in [1.82, 2.24) is 9.97 Å². The second-order valence-electron chi connectivity index (χ2n) is 5.18. The van der Waals surface area contributed by atoms with Gasteiger partial charge in [0.15, 0.2) is 11.6 Å². The van der Waals surface area contributed by atoms with Crippen LogP contribution < -0.4 is 15.8 Å². The number of fused-ring (bicyclic) bond motifs is 1. The van der Waals surface area contributed by atoms with Gasteiger partial charge in [-0.2, -0.15) is 0 Å². The number of hydrogen-bond donors (Lipinski definition) is 2. The lowest BCUT2D eigenvalue weighted by Crippen LogP contribution is -2.11. The highest BCUT2D eigenvalue weighted by atomic mass is 35.5. The summed E-state index contributed by atoms with van der Waals surface area (Å²) in [7, 11) is 0. The van der Waals surface area contributed by atoms with Crippen LogP contribution in [0.3, 0.4) is 0 Å². The minimum atomic E-state index is -0.654. The van der Waals surface area contributed by atoms with Crippen LogP contribution in [0.2, 0.25) is 5.02 Å². The summed E-state index contributed by atoms with van der Waals surface area (Å²) < 4.78 is 19.4. The average molecular weight is 378 g/mol. The molecular formula is C16H13ClFN5O3. The Bertz CT molecular complexity index is 986. The Morgan fingerprint density at radius 3 is 2.88 bits per heavy atom. The third kappa shape index (κ3) is 3.48. The van der Waals surface area contributed by atoms with Crippen molar-refractivity contribution in [2.24, 2.45) is 5.73 Å². The third-order valence-corrected chi connectivity index (χ3v) is 3.78. The second kappa shape index (κ2) is 7.46. The summed E-state index contributed by atoms with van der Waals surface area (Å²) >= 11 is 5.77. The fourth-order valence-electron chi connectivity index (χ4n) is 2.33. The highest BCUT2D eigenvalue weighted by molar-refractivity contribution is 6.31. The summed E-state index contributed by atoms with van der Waals surface area (Å²) in [5.41, 5.74) is 5.58. The number of anilines is 2. The Balaban J connectivity index is 2.10. The van der Waals surface area contributed by atoms with Gasteiger partial charge in [0.05, 0.1) is 26.5 Å². The molecule has 0 aliphatic heterocycles. The van der Waals surface area contributed by atoms with E-state index in [-0.39, 0.29) is 41.1 Å². The van der Waals surface area contributed by atoms with Crippen molar-refractivity contribution >= 4 is 39.7 Å². The number of benzene rings is 2. The zero-order valence-corrected chi connectivity index (χ0v) is 14.0. The van der Waals surface area contributed by atoms with E-state index in [1.54, 1.807) is 6.07 Å². The summed E-state index contributed by atoms with van der Waals surface area (Å²) in [6.07, 6.45) is 1.26. The molecule has 0 saturated carbocycles. The molecule has 1 aromatic heterocycles. The molecule has 1 heterocycles. The van der Waals surface area contributed by atoms with Gasteiger partial charge in [0.2, 0.25) is 0 Å². The van der Waals surface area contributed by atoms with Gasteiger partial charge in [-0.05, 0) is 12.1 Å². The molecule has 3 rings (SSSR count). The molecule has 0 fully saturated rings. The average Bonchev–Trinajstić information content (AvgIpc) is 2.63. The van der Waals surface area contributed by atoms with Crippen molar-refractivity contribution in [2.45, 2.75) is 0 Å². The molecule has 0 saturated heterocycles. The smallest absolute Gasteiger partial charge is 0.311 e. The number of nitro benzene ring substituents is 1. The summed E-state index contributed by atoms with van der Waals surface area (Å²) in [6, 6.07) is 7.14. The minimum absolute atomic E-state index is 0.0477. The number of nitro groups is 1. The van der Waals surface area contributed by atoms with Crippen LogP contribution in [0, 0.1) is 15.9 Å². The lowest BCUT2D eigenvalue weighted by atomic mass is 10.2. The maximum absolute atomic E-state index is 14.1. The maximum atomic E-state index is 14.1. The zero-order chi connectivity index (χ0) is 18.7. The first-order chi connectivity index (χ1) is 12.5. The Morgan fingerprint density at radius 1 is 1.35 bits per heavy atom. The van der Waals surface area contributed by atoms with Crippen LogP contribution in [0.5, 0.6) is 5.75 Å². The van der Waals surface area contributed by atoms with E-state index in [4.69, 9.17) is 22.1 Å². The molecule has 0 spiro atoms. The number of nitrogens with two attached hydrogens (primary N) is 1. The SMILES string of the molecule is NCCOc1cc2ncnc(Nc3cccc(Cl)c3F)c2cc1[N+](=O)[O-]. The molecule has 0 amide bonds. The Kier molecular flexibility index (Phi) is 5.10. The summed E-state index contributed by atoms with van der Waals surface area (Å²) in [5, 5.41) is 14.4. The van der Waals surface area contributed by atoms with Gasteiger partial charge in [0.25, 0.3) is 0 Å². The lowest BCUT2D eigenvalue weighted by Gasteiger charge is -2.11. The first-order valence-corrected chi connectivity index (χ1v) is 7.86. The number of rotatable bonds is 6. The molecule has 2 aromatic carbocycles. The first-order valence-electron chi connectivity index (χ1n) is 7.48. The Morgan fingerprint density at radius 2 is 2.15 bits per heavy atom. The first kappa shape index (κ1) is 17.8. The van der Waals surface area contributed by atoms with Crippen molar-refractivity contribution in [3.05, 3.63) is 57.6 Å². The van der Waals surface area contributed by atoms with E-state index in [9.17, 15) is 14.5 Å². The molecule has 0 atom stereocenters. The van der Waals surface area contributed by atoms with Crippen molar-refractivity contribution in [3.8, 4) is 5.75 Å². The number of nitrogens with zero attached hydrogens (tertiary/aromatic N) is 3. The number of aromatic nitrogens is 2. The van der Waals surface area contributed by atoms with E-state index in [2.05, 4.69) is 15.3 Å². The maximum Gasteiger partial charge on any atom is 0.311 e. The fraction of sp³-hybridized carbons (Fsp3) is 0.125. The van der Waals surface area contributed by atoms with Crippen molar-refractivity contribution in [3.63, 3.8) is 0 Å². The van der Waals surface area contributed by atoms with E-state index in [1.165, 1.54) is 30.6 Å². The van der Waals surface area contributed by atoms with E-state index in [0.29, 0.717) is 10.9 Å². The Labute approximate surface area is 151 Å². The van der Waals surface area contributed by atoms with Crippen LogP contribution in [-0.4, -0.2) is 28.0 Å². The lowest BCUT2D eigenvalue weighted by molar-refractivity contribution is -0.385. The number of ether oxygens (including phenoxy) is 1. The molecule has 0 aliphatic carbocycles. The van der Waals surface area contributed by atoms with E-state index in [1.807, 2.05) is 0 Å². The monoisotopic (exact) mass is 377 g/mol. The predicted molar refractivity (Wildman–Crippen MR) is 95.4 cm³/mol. The van der Waals surface area contributed by atoms with Crippen LogP contribution in [0.15, 0.2) is 36.7 Å². The molecule has 3 N–H and O–H groups in total. The van der Waals surface area contributed by atoms with Crippen molar-refractivity contribution < 1.29 is 14.1 Å². The highest BCUT2D eigenvalue weighted by Crippen LogP contribution is 2.35. The van der Waals surface area contributed by atoms with Gasteiger partial charge in [-0.1, -0.05) is 17.7 Å². The zero-order valence-electron chi connectivity index (χ0n) is 13.3. The highest BCUT2D eigenvalue weighted by Gasteiger charge is 2.19. The fourth-order valence-corrected chi connectivity index (χ4v) is 2.50. The quantitative estimate of drug-likeness (QED) is 0.499. The normalized spacial score (nSPS) is 10.7. The largest absolute Gasteiger partial charge is 0.485 e. The number of halogens is 2. The van der Waals surface area contributed by atoms with E-state index < -0.39 is 10.7 Å². The van der Waals surface area contributed by atoms with Crippen LogP contribution in [0.25, 0.3) is 10.9 Å². The van der Waals surface area contributed by atoms with Crippen LogP contribution in [0.1, 0.15) is 0 Å². The van der Waals surface area contributed by atoms with E-state index >= 15 is 0 Å². The van der Waals surface area contributed by atoms with Crippen molar-refractivity contribution in [1.29, 1.82) is 0 Å². The standard InChI is InChI=1S/C16H13ClFN5O3/c17-10-2-1-3-11(15(10)18)22-16-9-6-13(23(24)25)14(26-5-4-19)7-12(9)20-8-21-16/h1-3,6-8H,4-5,19H2,(H,20,21,22). The van der Waals surface area contributed by atoms with E-state index in [0.717, 1.165) is 0 Å². The molecular weight excluding hydrogens is 365 g/mol. The van der Waals surface area contributed by atoms with Crippen LogP contribution in [0.4, 0.5) is 21.6 Å². The number of hydrogen-bond acceptors (Lipinski definition) is 7. The summed E-state index contributed by atoms with van der Waals surface area (Å²) in [6.45, 7) is 0.329. The van der Waals surface area contributed by atoms with Gasteiger partial charge >= 0.3 is 5.69 Å². The molecule has 8 nitrogen and oxygen atoms in total. The van der Waals surface area contributed by atoms with Gasteiger partial charge in [-0.25, -0.2) is 14.4 Å². The Hall–Kier alpha value is -3.04. The molecule has 10 heteroatoms. The predicted octanol–water partition coefficient (Wildman–Crippen LogP) is 3.41. The minimum Gasteiger partial charge on any atom is -0.485 e.